The highest BCUT2D eigenvalue weighted by atomic mass is 79.9. The lowest BCUT2D eigenvalue weighted by atomic mass is 9.97. The van der Waals surface area contributed by atoms with Crippen LogP contribution in [0.3, 0.4) is 0 Å². The summed E-state index contributed by atoms with van der Waals surface area (Å²) in [6.45, 7) is 2.59. The van der Waals surface area contributed by atoms with Crippen LogP contribution in [-0.4, -0.2) is 13.7 Å². The van der Waals surface area contributed by atoms with E-state index in [2.05, 4.69) is 21.2 Å². The lowest BCUT2D eigenvalue weighted by Crippen LogP contribution is -2.23. The second-order valence-electron chi connectivity index (χ2n) is 4.58. The van der Waals surface area contributed by atoms with Crippen LogP contribution < -0.4 is 10.1 Å². The summed E-state index contributed by atoms with van der Waals surface area (Å²) in [5, 5.41) is 3.24. The summed E-state index contributed by atoms with van der Waals surface area (Å²) in [4.78, 5) is 0. The Hall–Kier alpha value is -1.46. The maximum absolute atomic E-state index is 13.5. The smallest absolute Gasteiger partial charge is 0.126 e. The van der Waals surface area contributed by atoms with Crippen molar-refractivity contribution in [1.82, 2.24) is 5.32 Å². The SMILES string of the molecule is CCNC(c1cc(F)cc(F)c1)c1cc(Br)ccc1OC. The van der Waals surface area contributed by atoms with E-state index in [1.807, 2.05) is 25.1 Å². The monoisotopic (exact) mass is 355 g/mol. The van der Waals surface area contributed by atoms with Crippen LogP contribution in [0, 0.1) is 11.6 Å². The van der Waals surface area contributed by atoms with Crippen LogP contribution in [0.15, 0.2) is 40.9 Å². The molecule has 1 atom stereocenters. The Labute approximate surface area is 131 Å². The lowest BCUT2D eigenvalue weighted by molar-refractivity contribution is 0.404. The zero-order valence-corrected chi connectivity index (χ0v) is 13.4. The van der Waals surface area contributed by atoms with Crippen molar-refractivity contribution < 1.29 is 13.5 Å². The molecule has 2 rings (SSSR count). The second-order valence-corrected chi connectivity index (χ2v) is 5.50. The van der Waals surface area contributed by atoms with Crippen molar-refractivity contribution in [2.75, 3.05) is 13.7 Å². The minimum absolute atomic E-state index is 0.354. The summed E-state index contributed by atoms with van der Waals surface area (Å²) in [7, 11) is 1.57. The molecular weight excluding hydrogens is 340 g/mol. The van der Waals surface area contributed by atoms with Crippen molar-refractivity contribution >= 4 is 15.9 Å². The van der Waals surface area contributed by atoms with Crippen LogP contribution in [0.25, 0.3) is 0 Å². The van der Waals surface area contributed by atoms with Crippen LogP contribution in [0.4, 0.5) is 8.78 Å². The zero-order valence-electron chi connectivity index (χ0n) is 11.8. The Morgan fingerprint density at radius 1 is 1.14 bits per heavy atom. The van der Waals surface area contributed by atoms with E-state index < -0.39 is 11.6 Å². The van der Waals surface area contributed by atoms with Crippen molar-refractivity contribution in [3.8, 4) is 5.75 Å². The number of benzene rings is 2. The van der Waals surface area contributed by atoms with Crippen LogP contribution in [-0.2, 0) is 0 Å². The molecule has 0 spiro atoms. The molecular formula is C16H16BrF2NO. The van der Waals surface area contributed by atoms with Crippen molar-refractivity contribution in [3.63, 3.8) is 0 Å². The van der Waals surface area contributed by atoms with Crippen molar-refractivity contribution in [1.29, 1.82) is 0 Å². The summed E-state index contributed by atoms with van der Waals surface area (Å²) in [5.74, 6) is -0.530. The van der Waals surface area contributed by atoms with Crippen LogP contribution in [0.2, 0.25) is 0 Å². The maximum Gasteiger partial charge on any atom is 0.126 e. The number of hydrogen-bond donors (Lipinski definition) is 1. The second kappa shape index (κ2) is 7.00. The molecule has 0 bridgehead atoms. The zero-order chi connectivity index (χ0) is 15.4. The number of halogens is 3. The van der Waals surface area contributed by atoms with Gasteiger partial charge in [-0.25, -0.2) is 8.78 Å². The predicted molar refractivity (Wildman–Crippen MR) is 82.6 cm³/mol. The van der Waals surface area contributed by atoms with E-state index in [0.29, 0.717) is 17.9 Å². The normalized spacial score (nSPS) is 12.2. The molecule has 0 amide bonds. The van der Waals surface area contributed by atoms with Crippen molar-refractivity contribution in [2.45, 2.75) is 13.0 Å². The van der Waals surface area contributed by atoms with Crippen LogP contribution in [0.1, 0.15) is 24.1 Å². The minimum atomic E-state index is -0.595. The third-order valence-electron chi connectivity index (χ3n) is 3.13. The number of hydrogen-bond acceptors (Lipinski definition) is 2. The number of methoxy groups -OCH3 is 1. The Morgan fingerprint density at radius 3 is 2.38 bits per heavy atom. The first-order valence-corrected chi connectivity index (χ1v) is 7.37. The van der Waals surface area contributed by atoms with Gasteiger partial charge in [0.25, 0.3) is 0 Å². The van der Waals surface area contributed by atoms with Crippen molar-refractivity contribution in [2.24, 2.45) is 0 Å². The fourth-order valence-electron chi connectivity index (χ4n) is 2.28. The van der Waals surface area contributed by atoms with Gasteiger partial charge in [0.2, 0.25) is 0 Å². The molecule has 0 aliphatic carbocycles. The molecule has 0 aliphatic heterocycles. The number of nitrogens with one attached hydrogen (secondary N) is 1. The Balaban J connectivity index is 2.55. The molecule has 0 aromatic heterocycles. The molecule has 0 saturated carbocycles. The average Bonchev–Trinajstić information content (AvgIpc) is 2.43. The summed E-state index contributed by atoms with van der Waals surface area (Å²) < 4.78 is 33.2. The van der Waals surface area contributed by atoms with Gasteiger partial charge in [0.05, 0.1) is 13.2 Å². The quantitative estimate of drug-likeness (QED) is 0.856. The molecule has 2 aromatic carbocycles. The molecule has 0 aliphatic rings. The first-order valence-electron chi connectivity index (χ1n) is 6.58. The number of ether oxygens (including phenoxy) is 1. The van der Waals surface area contributed by atoms with Gasteiger partial charge in [-0.05, 0) is 42.4 Å². The van der Waals surface area contributed by atoms with E-state index in [1.54, 1.807) is 7.11 Å². The van der Waals surface area contributed by atoms with Gasteiger partial charge >= 0.3 is 0 Å². The largest absolute Gasteiger partial charge is 0.496 e. The molecule has 1 unspecified atom stereocenters. The highest BCUT2D eigenvalue weighted by molar-refractivity contribution is 9.10. The lowest BCUT2D eigenvalue weighted by Gasteiger charge is -2.21. The van der Waals surface area contributed by atoms with Gasteiger partial charge in [0.1, 0.15) is 17.4 Å². The molecule has 0 heterocycles. The topological polar surface area (TPSA) is 21.3 Å². The van der Waals surface area contributed by atoms with E-state index in [0.717, 1.165) is 16.1 Å². The molecule has 5 heteroatoms. The maximum atomic E-state index is 13.5. The number of rotatable bonds is 5. The summed E-state index contributed by atoms with van der Waals surface area (Å²) in [6, 6.07) is 8.73. The first kappa shape index (κ1) is 15.9. The van der Waals surface area contributed by atoms with E-state index in [9.17, 15) is 8.78 Å². The van der Waals surface area contributed by atoms with Gasteiger partial charge in [0, 0.05) is 16.1 Å². The van der Waals surface area contributed by atoms with Gasteiger partial charge in [0.15, 0.2) is 0 Å². The molecule has 112 valence electrons. The van der Waals surface area contributed by atoms with E-state index in [1.165, 1.54) is 12.1 Å². The van der Waals surface area contributed by atoms with Crippen LogP contribution >= 0.6 is 15.9 Å². The molecule has 1 N–H and O–H groups in total. The Bertz CT molecular complexity index is 613. The molecule has 2 aromatic rings. The fraction of sp³-hybridized carbons (Fsp3) is 0.250. The molecule has 0 saturated heterocycles. The van der Waals surface area contributed by atoms with Gasteiger partial charge < -0.3 is 10.1 Å². The van der Waals surface area contributed by atoms with E-state index in [-0.39, 0.29) is 6.04 Å². The van der Waals surface area contributed by atoms with Crippen LogP contribution in [0.5, 0.6) is 5.75 Å². The fourth-order valence-corrected chi connectivity index (χ4v) is 2.66. The Kier molecular flexibility index (Phi) is 5.31. The molecule has 21 heavy (non-hydrogen) atoms. The summed E-state index contributed by atoms with van der Waals surface area (Å²) in [5.41, 5.74) is 1.34. The minimum Gasteiger partial charge on any atom is -0.496 e. The third-order valence-corrected chi connectivity index (χ3v) is 3.62. The summed E-state index contributed by atoms with van der Waals surface area (Å²) in [6.07, 6.45) is 0. The van der Waals surface area contributed by atoms with Gasteiger partial charge in [-0.15, -0.1) is 0 Å². The highest BCUT2D eigenvalue weighted by Gasteiger charge is 2.19. The van der Waals surface area contributed by atoms with Gasteiger partial charge in [-0.1, -0.05) is 22.9 Å². The molecule has 2 nitrogen and oxygen atoms in total. The first-order chi connectivity index (χ1) is 10.0. The van der Waals surface area contributed by atoms with E-state index in [4.69, 9.17) is 4.74 Å². The van der Waals surface area contributed by atoms with E-state index >= 15 is 0 Å². The molecule has 0 radical (unpaired) electrons. The average molecular weight is 356 g/mol. The highest BCUT2D eigenvalue weighted by Crippen LogP contribution is 2.33. The Morgan fingerprint density at radius 2 is 1.81 bits per heavy atom. The van der Waals surface area contributed by atoms with Gasteiger partial charge in [-0.2, -0.15) is 0 Å². The molecule has 0 fully saturated rings. The van der Waals surface area contributed by atoms with Crippen molar-refractivity contribution in [3.05, 3.63) is 63.6 Å². The standard InChI is InChI=1S/C16H16BrF2NO/c1-3-20-16(10-6-12(18)9-13(19)7-10)14-8-11(17)4-5-15(14)21-2/h4-9,16,20H,3H2,1-2H3. The predicted octanol–water partition coefficient (Wildman–Crippen LogP) is 4.43. The summed E-state index contributed by atoms with van der Waals surface area (Å²) >= 11 is 3.41. The van der Waals surface area contributed by atoms with Gasteiger partial charge in [-0.3, -0.25) is 0 Å². The third kappa shape index (κ3) is 3.80.